The van der Waals surface area contributed by atoms with Gasteiger partial charge >= 0.3 is 0 Å². The molecule has 0 aliphatic rings. The molecule has 2 aromatic heterocycles. The van der Waals surface area contributed by atoms with Crippen LogP contribution in [0.3, 0.4) is 0 Å². The van der Waals surface area contributed by atoms with Gasteiger partial charge < -0.3 is 10.1 Å². The zero-order chi connectivity index (χ0) is 14.5. The molecule has 20 heavy (non-hydrogen) atoms. The van der Waals surface area contributed by atoms with Crippen molar-refractivity contribution in [2.75, 3.05) is 13.7 Å². The van der Waals surface area contributed by atoms with Crippen LogP contribution in [0.4, 0.5) is 0 Å². The Kier molecular flexibility index (Phi) is 5.95. The van der Waals surface area contributed by atoms with Crippen LogP contribution in [-0.2, 0) is 6.42 Å². The first-order chi connectivity index (χ1) is 9.63. The molecule has 7 heteroatoms. The van der Waals surface area contributed by atoms with Crippen LogP contribution in [0.2, 0.25) is 0 Å². The Morgan fingerprint density at radius 3 is 2.75 bits per heavy atom. The lowest BCUT2D eigenvalue weighted by Gasteiger charge is -2.16. The first kappa shape index (κ1) is 15.9. The third-order valence-electron chi connectivity index (χ3n) is 2.78. The predicted molar refractivity (Wildman–Crippen MR) is 88.4 cm³/mol. The maximum atomic E-state index is 5.14. The topological polar surface area (TPSA) is 47.0 Å². The van der Waals surface area contributed by atoms with Gasteiger partial charge in [0.15, 0.2) is 0 Å². The number of hydrogen-bond donors (Lipinski definition) is 1. The van der Waals surface area contributed by atoms with Crippen LogP contribution in [0.1, 0.15) is 23.5 Å². The predicted octanol–water partition coefficient (Wildman–Crippen LogP) is 3.97. The minimum absolute atomic E-state index is 0.229. The Morgan fingerprint density at radius 2 is 2.15 bits per heavy atom. The van der Waals surface area contributed by atoms with Crippen molar-refractivity contribution in [1.82, 2.24) is 15.3 Å². The molecule has 0 aromatic carbocycles. The van der Waals surface area contributed by atoms with Gasteiger partial charge in [0.25, 0.3) is 0 Å². The van der Waals surface area contributed by atoms with Gasteiger partial charge in [-0.1, -0.05) is 6.92 Å². The van der Waals surface area contributed by atoms with Crippen molar-refractivity contribution in [3.05, 3.63) is 37.3 Å². The zero-order valence-corrected chi connectivity index (χ0v) is 15.2. The van der Waals surface area contributed by atoms with Crippen molar-refractivity contribution in [2.24, 2.45) is 0 Å². The van der Waals surface area contributed by atoms with Crippen LogP contribution < -0.4 is 10.1 Å². The van der Waals surface area contributed by atoms with Crippen molar-refractivity contribution < 1.29 is 4.74 Å². The van der Waals surface area contributed by atoms with Gasteiger partial charge in [-0.05, 0) is 44.5 Å². The Labute approximate surface area is 139 Å². The van der Waals surface area contributed by atoms with Gasteiger partial charge in [0.05, 0.1) is 10.9 Å². The molecule has 0 saturated carbocycles. The number of nitrogens with one attached hydrogen (secondary N) is 1. The molecule has 1 N–H and O–H groups in total. The van der Waals surface area contributed by atoms with Crippen LogP contribution in [-0.4, -0.2) is 23.6 Å². The van der Waals surface area contributed by atoms with Gasteiger partial charge in [-0.2, -0.15) is 0 Å². The molecule has 0 spiro atoms. The molecule has 0 saturated heterocycles. The third kappa shape index (κ3) is 4.00. The maximum Gasteiger partial charge on any atom is 0.216 e. The zero-order valence-electron chi connectivity index (χ0n) is 11.2. The normalized spacial score (nSPS) is 12.4. The van der Waals surface area contributed by atoms with Gasteiger partial charge in [0, 0.05) is 33.6 Å². The van der Waals surface area contributed by atoms with Crippen molar-refractivity contribution in [1.29, 1.82) is 0 Å². The summed E-state index contributed by atoms with van der Waals surface area (Å²) < 4.78 is 7.33. The molecule has 0 aliphatic heterocycles. The highest BCUT2D eigenvalue weighted by molar-refractivity contribution is 9.13. The first-order valence-electron chi connectivity index (χ1n) is 6.17. The summed E-state index contributed by atoms with van der Waals surface area (Å²) >= 11 is 8.80. The first-order valence-corrected chi connectivity index (χ1v) is 8.57. The Balaban J connectivity index is 2.20. The summed E-state index contributed by atoms with van der Waals surface area (Å²) in [7, 11) is 1.61. The lowest BCUT2D eigenvalue weighted by Crippen LogP contribution is -2.22. The number of nitrogens with zero attached hydrogens (tertiary/aromatic N) is 2. The lowest BCUT2D eigenvalue weighted by molar-refractivity contribution is 0.395. The number of halogens is 2. The number of likely N-dealkylation sites (N-methyl/N-ethyl adjacent to an activating group) is 1. The number of aromatic nitrogens is 2. The summed E-state index contributed by atoms with van der Waals surface area (Å²) in [5, 5.41) is 3.49. The standard InChI is InChI=1S/C13H15Br2N3OS/c1-3-16-10(11-6-9(14)13(15)20-11)4-8-5-12(19-2)18-7-17-8/h5-7,10,16H,3-4H2,1-2H3. The molecule has 0 radical (unpaired) electrons. The van der Waals surface area contributed by atoms with Crippen LogP contribution in [0.15, 0.2) is 26.7 Å². The molecule has 2 heterocycles. The fraction of sp³-hybridized carbons (Fsp3) is 0.385. The molecule has 0 fully saturated rings. The Hall–Kier alpha value is -0.500. The fourth-order valence-corrected chi connectivity index (χ4v) is 4.03. The molecule has 0 aliphatic carbocycles. The van der Waals surface area contributed by atoms with Crippen molar-refractivity contribution >= 4 is 43.2 Å². The van der Waals surface area contributed by atoms with Crippen LogP contribution in [0.5, 0.6) is 5.88 Å². The minimum Gasteiger partial charge on any atom is -0.481 e. The van der Waals surface area contributed by atoms with Crippen LogP contribution >= 0.6 is 43.2 Å². The van der Waals surface area contributed by atoms with Crippen LogP contribution in [0, 0.1) is 0 Å². The summed E-state index contributed by atoms with van der Waals surface area (Å²) in [5.74, 6) is 0.596. The SMILES string of the molecule is CCNC(Cc1cc(OC)ncn1)c1cc(Br)c(Br)s1. The molecule has 0 amide bonds. The molecule has 1 unspecified atom stereocenters. The van der Waals surface area contributed by atoms with Gasteiger partial charge in [-0.15, -0.1) is 11.3 Å². The third-order valence-corrected chi connectivity index (χ3v) is 6.15. The van der Waals surface area contributed by atoms with E-state index >= 15 is 0 Å². The highest BCUT2D eigenvalue weighted by Gasteiger charge is 2.16. The second-order valence-corrected chi connectivity index (χ2v) is 7.39. The van der Waals surface area contributed by atoms with E-state index in [2.05, 4.69) is 60.1 Å². The van der Waals surface area contributed by atoms with E-state index in [4.69, 9.17) is 4.74 Å². The molecular weight excluding hydrogens is 406 g/mol. The van der Waals surface area contributed by atoms with E-state index < -0.39 is 0 Å². The van der Waals surface area contributed by atoms with Crippen molar-refractivity contribution in [3.63, 3.8) is 0 Å². The molecule has 4 nitrogen and oxygen atoms in total. The molecule has 108 valence electrons. The average Bonchev–Trinajstić information content (AvgIpc) is 2.78. The van der Waals surface area contributed by atoms with Crippen LogP contribution in [0.25, 0.3) is 0 Å². The van der Waals surface area contributed by atoms with Crippen molar-refractivity contribution in [2.45, 2.75) is 19.4 Å². The van der Waals surface area contributed by atoms with E-state index in [0.717, 1.165) is 26.9 Å². The smallest absolute Gasteiger partial charge is 0.216 e. The monoisotopic (exact) mass is 419 g/mol. The van der Waals surface area contributed by atoms with E-state index in [1.54, 1.807) is 18.4 Å². The summed E-state index contributed by atoms with van der Waals surface area (Å²) in [4.78, 5) is 9.62. The second kappa shape index (κ2) is 7.49. The summed E-state index contributed by atoms with van der Waals surface area (Å²) in [5.41, 5.74) is 0.962. The largest absolute Gasteiger partial charge is 0.481 e. The van der Waals surface area contributed by atoms with Gasteiger partial charge in [-0.3, -0.25) is 0 Å². The van der Waals surface area contributed by atoms with E-state index in [1.807, 2.05) is 6.07 Å². The highest BCUT2D eigenvalue weighted by Crippen LogP contribution is 2.36. The van der Waals surface area contributed by atoms with E-state index in [9.17, 15) is 0 Å². The highest BCUT2D eigenvalue weighted by atomic mass is 79.9. The average molecular weight is 421 g/mol. The van der Waals surface area contributed by atoms with Gasteiger partial charge in [-0.25, -0.2) is 9.97 Å². The Bertz CT molecular complexity index is 557. The summed E-state index contributed by atoms with van der Waals surface area (Å²) in [6, 6.07) is 4.25. The maximum absolute atomic E-state index is 5.14. The molecule has 2 aromatic rings. The number of ether oxygens (including phenoxy) is 1. The number of thiophene rings is 1. The second-order valence-electron chi connectivity index (χ2n) is 4.14. The minimum atomic E-state index is 0.229. The van der Waals surface area contributed by atoms with E-state index in [-0.39, 0.29) is 6.04 Å². The van der Waals surface area contributed by atoms with Gasteiger partial charge in [0.2, 0.25) is 5.88 Å². The fourth-order valence-electron chi connectivity index (χ4n) is 1.86. The molecule has 2 rings (SSSR count). The Morgan fingerprint density at radius 1 is 1.35 bits per heavy atom. The van der Waals surface area contributed by atoms with E-state index in [1.165, 1.54) is 11.2 Å². The van der Waals surface area contributed by atoms with Crippen molar-refractivity contribution in [3.8, 4) is 5.88 Å². The van der Waals surface area contributed by atoms with Gasteiger partial charge in [0.1, 0.15) is 6.33 Å². The summed E-state index contributed by atoms with van der Waals surface area (Å²) in [6.45, 7) is 3.01. The quantitative estimate of drug-likeness (QED) is 0.768. The molecular formula is C13H15Br2N3OS. The molecule has 0 bridgehead atoms. The van der Waals surface area contributed by atoms with E-state index in [0.29, 0.717) is 5.88 Å². The number of methoxy groups -OCH3 is 1. The molecule has 1 atom stereocenters. The summed E-state index contributed by atoms with van der Waals surface area (Å²) in [6.07, 6.45) is 2.34. The lowest BCUT2D eigenvalue weighted by atomic mass is 10.1. The number of rotatable bonds is 6. The number of hydrogen-bond acceptors (Lipinski definition) is 5.